The largest absolute Gasteiger partial charge is 0.356 e. The molecule has 0 aliphatic carbocycles. The lowest BCUT2D eigenvalue weighted by molar-refractivity contribution is 0.413. The Bertz CT molecular complexity index is 764. The summed E-state index contributed by atoms with van der Waals surface area (Å²) >= 11 is 0. The van der Waals surface area contributed by atoms with E-state index < -0.39 is 0 Å². The fourth-order valence-electron chi connectivity index (χ4n) is 3.13. The zero-order valence-corrected chi connectivity index (χ0v) is 12.3. The standard InChI is InChI=1S/C19H18N2O/c1-2-7-15(8-3-1)19-13-16(21-22-19)12-18-17-9-5-4-6-14(17)10-11-20-18/h1-9,13,18,20H,10-12H2. The second-order valence-corrected chi connectivity index (χ2v) is 5.71. The summed E-state index contributed by atoms with van der Waals surface area (Å²) in [6.45, 7) is 1.02. The van der Waals surface area contributed by atoms with Crippen LogP contribution in [0.5, 0.6) is 0 Å². The maximum absolute atomic E-state index is 5.50. The van der Waals surface area contributed by atoms with E-state index in [1.165, 1.54) is 11.1 Å². The third-order valence-corrected chi connectivity index (χ3v) is 4.25. The number of hydrogen-bond donors (Lipinski definition) is 1. The molecule has 1 N–H and O–H groups in total. The highest BCUT2D eigenvalue weighted by Gasteiger charge is 2.21. The molecule has 0 amide bonds. The fourth-order valence-corrected chi connectivity index (χ4v) is 3.13. The minimum atomic E-state index is 0.318. The molecule has 1 aromatic heterocycles. The molecule has 22 heavy (non-hydrogen) atoms. The highest BCUT2D eigenvalue weighted by atomic mass is 16.5. The van der Waals surface area contributed by atoms with Crippen LogP contribution in [-0.2, 0) is 12.8 Å². The summed E-state index contributed by atoms with van der Waals surface area (Å²) in [5.74, 6) is 0.833. The highest BCUT2D eigenvalue weighted by Crippen LogP contribution is 2.27. The van der Waals surface area contributed by atoms with Crippen molar-refractivity contribution in [3.05, 3.63) is 77.5 Å². The minimum Gasteiger partial charge on any atom is -0.356 e. The van der Waals surface area contributed by atoms with E-state index in [0.29, 0.717) is 6.04 Å². The van der Waals surface area contributed by atoms with Gasteiger partial charge in [0.15, 0.2) is 5.76 Å². The Kier molecular flexibility index (Phi) is 3.49. The molecule has 0 saturated heterocycles. The molecule has 3 nitrogen and oxygen atoms in total. The Morgan fingerprint density at radius 3 is 2.77 bits per heavy atom. The van der Waals surface area contributed by atoms with Gasteiger partial charge >= 0.3 is 0 Å². The van der Waals surface area contributed by atoms with Crippen LogP contribution < -0.4 is 5.32 Å². The Hall–Kier alpha value is -2.39. The van der Waals surface area contributed by atoms with Gasteiger partial charge < -0.3 is 9.84 Å². The van der Waals surface area contributed by atoms with Gasteiger partial charge in [0.05, 0.1) is 5.69 Å². The molecule has 4 rings (SSSR count). The first kappa shape index (κ1) is 13.3. The monoisotopic (exact) mass is 290 g/mol. The molecule has 0 saturated carbocycles. The average molecular weight is 290 g/mol. The van der Waals surface area contributed by atoms with E-state index in [0.717, 1.165) is 36.4 Å². The van der Waals surface area contributed by atoms with Crippen LogP contribution in [0, 0.1) is 0 Å². The number of benzene rings is 2. The van der Waals surface area contributed by atoms with Crippen LogP contribution >= 0.6 is 0 Å². The first-order chi connectivity index (χ1) is 10.9. The van der Waals surface area contributed by atoms with Crippen LogP contribution in [-0.4, -0.2) is 11.7 Å². The van der Waals surface area contributed by atoms with Crippen molar-refractivity contribution < 1.29 is 4.52 Å². The van der Waals surface area contributed by atoms with E-state index in [-0.39, 0.29) is 0 Å². The normalized spacial score (nSPS) is 17.2. The molecular weight excluding hydrogens is 272 g/mol. The third kappa shape index (κ3) is 2.55. The lowest BCUT2D eigenvalue weighted by Gasteiger charge is -2.26. The molecule has 0 spiro atoms. The quantitative estimate of drug-likeness (QED) is 0.798. The van der Waals surface area contributed by atoms with Gasteiger partial charge in [-0.15, -0.1) is 0 Å². The van der Waals surface area contributed by atoms with Gasteiger partial charge in [-0.1, -0.05) is 59.8 Å². The summed E-state index contributed by atoms with van der Waals surface area (Å²) in [5.41, 5.74) is 4.89. The number of hydrogen-bond acceptors (Lipinski definition) is 3. The van der Waals surface area contributed by atoms with E-state index in [4.69, 9.17) is 4.52 Å². The Morgan fingerprint density at radius 2 is 1.86 bits per heavy atom. The maximum atomic E-state index is 5.50. The van der Waals surface area contributed by atoms with Crippen molar-refractivity contribution in [2.75, 3.05) is 6.54 Å². The second kappa shape index (κ2) is 5.78. The number of rotatable bonds is 3. The average Bonchev–Trinajstić information content (AvgIpc) is 3.05. The van der Waals surface area contributed by atoms with Crippen molar-refractivity contribution in [3.63, 3.8) is 0 Å². The lowest BCUT2D eigenvalue weighted by atomic mass is 9.92. The molecular formula is C19H18N2O. The Labute approximate surface area is 130 Å². The van der Waals surface area contributed by atoms with Gasteiger partial charge in [-0.05, 0) is 24.1 Å². The Balaban J connectivity index is 1.57. The zero-order chi connectivity index (χ0) is 14.8. The van der Waals surface area contributed by atoms with Crippen molar-refractivity contribution in [3.8, 4) is 11.3 Å². The lowest BCUT2D eigenvalue weighted by Crippen LogP contribution is -2.31. The van der Waals surface area contributed by atoms with Crippen LogP contribution in [0.3, 0.4) is 0 Å². The summed E-state index contributed by atoms with van der Waals surface area (Å²) in [6.07, 6.45) is 1.95. The minimum absolute atomic E-state index is 0.318. The van der Waals surface area contributed by atoms with Crippen LogP contribution in [0.1, 0.15) is 22.9 Å². The molecule has 3 heteroatoms. The predicted octanol–water partition coefficient (Wildman–Crippen LogP) is 3.77. The van der Waals surface area contributed by atoms with Gasteiger partial charge in [-0.25, -0.2) is 0 Å². The Morgan fingerprint density at radius 1 is 1.05 bits per heavy atom. The summed E-state index contributed by atoms with van der Waals surface area (Å²) < 4.78 is 5.50. The SMILES string of the molecule is c1ccc(-c2cc(CC3NCCc4ccccc43)no2)cc1. The van der Waals surface area contributed by atoms with Gasteiger partial charge in [-0.2, -0.15) is 0 Å². The van der Waals surface area contributed by atoms with Crippen LogP contribution in [0.25, 0.3) is 11.3 Å². The molecule has 2 heterocycles. The van der Waals surface area contributed by atoms with Crippen LogP contribution in [0.2, 0.25) is 0 Å². The second-order valence-electron chi connectivity index (χ2n) is 5.71. The van der Waals surface area contributed by atoms with E-state index in [1.54, 1.807) is 0 Å². The number of nitrogens with zero attached hydrogens (tertiary/aromatic N) is 1. The summed E-state index contributed by atoms with van der Waals surface area (Å²) in [6, 6.07) is 21.1. The summed E-state index contributed by atoms with van der Waals surface area (Å²) in [7, 11) is 0. The van der Waals surface area contributed by atoms with Crippen molar-refractivity contribution in [2.24, 2.45) is 0 Å². The van der Waals surface area contributed by atoms with Gasteiger partial charge in [0, 0.05) is 24.1 Å². The number of fused-ring (bicyclic) bond motifs is 1. The number of nitrogens with one attached hydrogen (secondary N) is 1. The van der Waals surface area contributed by atoms with E-state index in [2.05, 4.69) is 34.7 Å². The molecule has 1 atom stereocenters. The highest BCUT2D eigenvalue weighted by molar-refractivity contribution is 5.57. The van der Waals surface area contributed by atoms with E-state index >= 15 is 0 Å². The molecule has 1 aliphatic rings. The predicted molar refractivity (Wildman–Crippen MR) is 86.5 cm³/mol. The van der Waals surface area contributed by atoms with E-state index in [9.17, 15) is 0 Å². The molecule has 1 aliphatic heterocycles. The molecule has 1 unspecified atom stereocenters. The molecule has 3 aromatic rings. The van der Waals surface area contributed by atoms with Crippen LogP contribution in [0.4, 0.5) is 0 Å². The summed E-state index contributed by atoms with van der Waals surface area (Å²) in [4.78, 5) is 0. The van der Waals surface area contributed by atoms with Gasteiger partial charge in [0.1, 0.15) is 0 Å². The van der Waals surface area contributed by atoms with Gasteiger partial charge in [-0.3, -0.25) is 0 Å². The fraction of sp³-hybridized carbons (Fsp3) is 0.211. The topological polar surface area (TPSA) is 38.1 Å². The summed E-state index contributed by atoms with van der Waals surface area (Å²) in [5, 5.41) is 7.84. The maximum Gasteiger partial charge on any atom is 0.167 e. The van der Waals surface area contributed by atoms with Crippen molar-refractivity contribution in [1.82, 2.24) is 10.5 Å². The molecule has 110 valence electrons. The van der Waals surface area contributed by atoms with Crippen LogP contribution in [0.15, 0.2) is 65.2 Å². The first-order valence-corrected chi connectivity index (χ1v) is 7.72. The first-order valence-electron chi connectivity index (χ1n) is 7.72. The van der Waals surface area contributed by atoms with E-state index in [1.807, 2.05) is 36.4 Å². The smallest absolute Gasteiger partial charge is 0.167 e. The van der Waals surface area contributed by atoms with Gasteiger partial charge in [0.2, 0.25) is 0 Å². The number of aromatic nitrogens is 1. The van der Waals surface area contributed by atoms with Crippen molar-refractivity contribution >= 4 is 0 Å². The molecule has 0 fully saturated rings. The zero-order valence-electron chi connectivity index (χ0n) is 12.3. The molecule has 0 radical (unpaired) electrons. The van der Waals surface area contributed by atoms with Crippen molar-refractivity contribution in [1.29, 1.82) is 0 Å². The molecule has 2 aromatic carbocycles. The third-order valence-electron chi connectivity index (χ3n) is 4.25. The molecule has 0 bridgehead atoms. The van der Waals surface area contributed by atoms with Gasteiger partial charge in [0.25, 0.3) is 0 Å². The van der Waals surface area contributed by atoms with Crippen molar-refractivity contribution in [2.45, 2.75) is 18.9 Å².